The third-order valence-corrected chi connectivity index (χ3v) is 2.14. The molecule has 0 bridgehead atoms. The van der Waals surface area contributed by atoms with Gasteiger partial charge in [-0.3, -0.25) is 0 Å². The lowest BCUT2D eigenvalue weighted by Gasteiger charge is -1.98. The number of primary amides is 1. The van der Waals surface area contributed by atoms with E-state index in [1.54, 1.807) is 18.2 Å². The number of rotatable bonds is 2. The summed E-state index contributed by atoms with van der Waals surface area (Å²) in [5.74, 6) is -0.285. The van der Waals surface area contributed by atoms with Crippen LogP contribution in [0.3, 0.4) is 0 Å². The SMILES string of the molecule is NC(=O)n1ccc(Cc2cccc(F)c2)n1. The maximum Gasteiger partial charge on any atom is 0.339 e. The van der Waals surface area contributed by atoms with E-state index in [0.717, 1.165) is 10.2 Å². The summed E-state index contributed by atoms with van der Waals surface area (Å²) in [4.78, 5) is 10.8. The van der Waals surface area contributed by atoms with Crippen LogP contribution in [0.5, 0.6) is 0 Å². The predicted octanol–water partition coefficient (Wildman–Crippen LogP) is 1.54. The van der Waals surface area contributed by atoms with Crippen LogP contribution in [0.25, 0.3) is 0 Å². The average Bonchev–Trinajstić information content (AvgIpc) is 2.66. The summed E-state index contributed by atoms with van der Waals surface area (Å²) >= 11 is 0. The maximum absolute atomic E-state index is 12.9. The molecule has 0 unspecified atom stereocenters. The summed E-state index contributed by atoms with van der Waals surface area (Å²) in [5, 5.41) is 3.95. The van der Waals surface area contributed by atoms with Crippen LogP contribution in [0.4, 0.5) is 9.18 Å². The van der Waals surface area contributed by atoms with Gasteiger partial charge in [0.1, 0.15) is 5.82 Å². The Bertz CT molecular complexity index is 521. The first-order chi connectivity index (χ1) is 7.65. The summed E-state index contributed by atoms with van der Waals surface area (Å²) in [6.45, 7) is 0. The smallest absolute Gasteiger partial charge is 0.339 e. The van der Waals surface area contributed by atoms with Gasteiger partial charge >= 0.3 is 6.03 Å². The second kappa shape index (κ2) is 4.14. The van der Waals surface area contributed by atoms with Gasteiger partial charge in [-0.05, 0) is 23.8 Å². The highest BCUT2D eigenvalue weighted by molar-refractivity contribution is 5.73. The number of nitrogens with zero attached hydrogens (tertiary/aromatic N) is 2. The number of hydrogen-bond acceptors (Lipinski definition) is 2. The molecule has 0 fully saturated rings. The molecule has 1 aromatic carbocycles. The Morgan fingerprint density at radius 3 is 2.88 bits per heavy atom. The summed E-state index contributed by atoms with van der Waals surface area (Å²) in [5.41, 5.74) is 6.52. The first kappa shape index (κ1) is 10.4. The fourth-order valence-corrected chi connectivity index (χ4v) is 1.43. The van der Waals surface area contributed by atoms with Crippen LogP contribution in [0.1, 0.15) is 11.3 Å². The quantitative estimate of drug-likeness (QED) is 0.832. The topological polar surface area (TPSA) is 60.9 Å². The van der Waals surface area contributed by atoms with Crippen LogP contribution in [0.2, 0.25) is 0 Å². The number of carbonyl (C=O) groups excluding carboxylic acids is 1. The highest BCUT2D eigenvalue weighted by Crippen LogP contribution is 2.09. The van der Waals surface area contributed by atoms with Crippen molar-refractivity contribution >= 4 is 6.03 Å². The first-order valence-electron chi connectivity index (χ1n) is 4.74. The molecule has 2 N–H and O–H groups in total. The van der Waals surface area contributed by atoms with Gasteiger partial charge in [0.05, 0.1) is 5.69 Å². The number of benzene rings is 1. The fourth-order valence-electron chi connectivity index (χ4n) is 1.43. The molecule has 0 aliphatic rings. The molecule has 0 aliphatic carbocycles. The Morgan fingerprint density at radius 2 is 2.25 bits per heavy atom. The van der Waals surface area contributed by atoms with Gasteiger partial charge in [0, 0.05) is 12.6 Å². The molecule has 0 radical (unpaired) electrons. The van der Waals surface area contributed by atoms with E-state index in [9.17, 15) is 9.18 Å². The molecule has 16 heavy (non-hydrogen) atoms. The zero-order valence-corrected chi connectivity index (χ0v) is 8.43. The van der Waals surface area contributed by atoms with E-state index in [1.807, 2.05) is 0 Å². The van der Waals surface area contributed by atoms with Crippen LogP contribution in [-0.4, -0.2) is 15.8 Å². The van der Waals surface area contributed by atoms with Crippen LogP contribution in [-0.2, 0) is 6.42 Å². The molecule has 1 aromatic heterocycles. The Labute approximate surface area is 91.5 Å². The van der Waals surface area contributed by atoms with Crippen molar-refractivity contribution in [3.8, 4) is 0 Å². The number of carbonyl (C=O) groups is 1. The highest BCUT2D eigenvalue weighted by Gasteiger charge is 2.04. The van der Waals surface area contributed by atoms with Crippen molar-refractivity contribution in [2.45, 2.75) is 6.42 Å². The molecule has 0 spiro atoms. The van der Waals surface area contributed by atoms with E-state index in [1.165, 1.54) is 18.3 Å². The third kappa shape index (κ3) is 2.25. The van der Waals surface area contributed by atoms with Gasteiger partial charge in [-0.1, -0.05) is 12.1 Å². The number of halogens is 1. The van der Waals surface area contributed by atoms with E-state index >= 15 is 0 Å². The molecule has 1 heterocycles. The number of hydrogen-bond donors (Lipinski definition) is 1. The van der Waals surface area contributed by atoms with E-state index in [2.05, 4.69) is 5.10 Å². The van der Waals surface area contributed by atoms with Gasteiger partial charge in [0.15, 0.2) is 0 Å². The Morgan fingerprint density at radius 1 is 1.44 bits per heavy atom. The summed E-state index contributed by atoms with van der Waals surface area (Å²) in [6, 6.07) is 7.29. The monoisotopic (exact) mass is 219 g/mol. The van der Waals surface area contributed by atoms with Gasteiger partial charge in [0.2, 0.25) is 0 Å². The minimum atomic E-state index is -0.634. The van der Waals surface area contributed by atoms with Crippen molar-refractivity contribution in [2.75, 3.05) is 0 Å². The largest absolute Gasteiger partial charge is 0.350 e. The van der Waals surface area contributed by atoms with Crippen LogP contribution in [0, 0.1) is 5.82 Å². The van der Waals surface area contributed by atoms with E-state index in [4.69, 9.17) is 5.73 Å². The predicted molar refractivity (Wildman–Crippen MR) is 56.4 cm³/mol. The van der Waals surface area contributed by atoms with E-state index in [0.29, 0.717) is 12.1 Å². The Hall–Kier alpha value is -2.17. The lowest BCUT2D eigenvalue weighted by Crippen LogP contribution is -2.20. The van der Waals surface area contributed by atoms with Crippen molar-refractivity contribution in [2.24, 2.45) is 5.73 Å². The average molecular weight is 219 g/mol. The van der Waals surface area contributed by atoms with Crippen molar-refractivity contribution in [3.63, 3.8) is 0 Å². The molecule has 0 atom stereocenters. The Balaban J connectivity index is 2.17. The zero-order valence-electron chi connectivity index (χ0n) is 8.43. The molecule has 2 aromatic rings. The second-order valence-electron chi connectivity index (χ2n) is 3.40. The zero-order chi connectivity index (χ0) is 11.5. The number of amides is 1. The van der Waals surface area contributed by atoms with Crippen molar-refractivity contribution in [3.05, 3.63) is 53.6 Å². The lowest BCUT2D eigenvalue weighted by atomic mass is 10.1. The lowest BCUT2D eigenvalue weighted by molar-refractivity contribution is 0.247. The molecule has 0 saturated heterocycles. The van der Waals surface area contributed by atoms with Gasteiger partial charge in [0.25, 0.3) is 0 Å². The molecule has 4 nitrogen and oxygen atoms in total. The van der Waals surface area contributed by atoms with Gasteiger partial charge in [-0.15, -0.1) is 0 Å². The minimum Gasteiger partial charge on any atom is -0.350 e. The van der Waals surface area contributed by atoms with Gasteiger partial charge in [-0.2, -0.15) is 9.78 Å². The molecular formula is C11H10FN3O. The van der Waals surface area contributed by atoms with Gasteiger partial charge < -0.3 is 5.73 Å². The van der Waals surface area contributed by atoms with Crippen LogP contribution < -0.4 is 5.73 Å². The van der Waals surface area contributed by atoms with Crippen molar-refractivity contribution in [1.82, 2.24) is 9.78 Å². The molecule has 82 valence electrons. The van der Waals surface area contributed by atoms with Crippen molar-refractivity contribution in [1.29, 1.82) is 0 Å². The first-order valence-corrected chi connectivity index (χ1v) is 4.74. The molecule has 2 rings (SSSR count). The molecule has 0 saturated carbocycles. The standard InChI is InChI=1S/C11H10FN3O/c12-9-3-1-2-8(6-9)7-10-4-5-15(14-10)11(13)16/h1-6H,7H2,(H2,13,16). The highest BCUT2D eigenvalue weighted by atomic mass is 19.1. The third-order valence-electron chi connectivity index (χ3n) is 2.14. The molecule has 1 amide bonds. The number of aromatic nitrogens is 2. The molecule has 5 heteroatoms. The number of nitrogens with two attached hydrogens (primary N) is 1. The Kier molecular flexibility index (Phi) is 2.68. The maximum atomic E-state index is 12.9. The van der Waals surface area contributed by atoms with Gasteiger partial charge in [-0.25, -0.2) is 9.18 Å². The summed E-state index contributed by atoms with van der Waals surface area (Å²) < 4.78 is 14.0. The van der Waals surface area contributed by atoms with Crippen molar-refractivity contribution < 1.29 is 9.18 Å². The summed E-state index contributed by atoms with van der Waals surface area (Å²) in [7, 11) is 0. The molecule has 0 aliphatic heterocycles. The van der Waals surface area contributed by atoms with Crippen LogP contribution >= 0.6 is 0 Å². The fraction of sp³-hybridized carbons (Fsp3) is 0.0909. The molecular weight excluding hydrogens is 209 g/mol. The second-order valence-corrected chi connectivity index (χ2v) is 3.40. The van der Waals surface area contributed by atoms with Crippen LogP contribution in [0.15, 0.2) is 36.5 Å². The summed E-state index contributed by atoms with van der Waals surface area (Å²) in [6.07, 6.45) is 1.95. The van der Waals surface area contributed by atoms with E-state index in [-0.39, 0.29) is 5.82 Å². The van der Waals surface area contributed by atoms with E-state index < -0.39 is 6.03 Å². The normalized spacial score (nSPS) is 10.3. The minimum absolute atomic E-state index is 0.285.